The highest BCUT2D eigenvalue weighted by molar-refractivity contribution is 9.10. The van der Waals surface area contributed by atoms with Crippen molar-refractivity contribution < 1.29 is 4.79 Å². The third-order valence-electron chi connectivity index (χ3n) is 4.12. The van der Waals surface area contributed by atoms with Gasteiger partial charge in [-0.3, -0.25) is 4.79 Å². The number of carbonyl (C=O) groups is 1. The highest BCUT2D eigenvalue weighted by Gasteiger charge is 2.25. The second kappa shape index (κ2) is 6.56. The molecule has 0 saturated heterocycles. The molecule has 0 aliphatic heterocycles. The summed E-state index contributed by atoms with van der Waals surface area (Å²) in [5.74, 6) is 0.694. The van der Waals surface area contributed by atoms with Crippen molar-refractivity contribution in [2.75, 3.05) is 0 Å². The van der Waals surface area contributed by atoms with E-state index in [0.29, 0.717) is 12.0 Å². The number of nitrogens with one attached hydrogen (secondary N) is 1. The molecular weight excluding hydrogens is 302 g/mol. The molecule has 0 aromatic heterocycles. The molecule has 1 aliphatic rings. The van der Waals surface area contributed by atoms with Gasteiger partial charge in [-0.25, -0.2) is 0 Å². The van der Waals surface area contributed by atoms with Gasteiger partial charge in [0.25, 0.3) is 5.91 Å². The van der Waals surface area contributed by atoms with Crippen LogP contribution in [-0.4, -0.2) is 11.9 Å². The molecule has 0 radical (unpaired) electrons. The summed E-state index contributed by atoms with van der Waals surface area (Å²) in [5, 5.41) is 3.23. The van der Waals surface area contributed by atoms with E-state index in [1.54, 1.807) is 0 Å². The maximum atomic E-state index is 12.4. The van der Waals surface area contributed by atoms with E-state index in [0.717, 1.165) is 28.4 Å². The van der Waals surface area contributed by atoms with Crippen molar-refractivity contribution in [2.45, 2.75) is 52.0 Å². The fraction of sp³-hybridized carbons (Fsp3) is 0.562. The quantitative estimate of drug-likeness (QED) is 0.874. The molecule has 0 heterocycles. The van der Waals surface area contributed by atoms with Crippen LogP contribution in [0.4, 0.5) is 0 Å². The van der Waals surface area contributed by atoms with Crippen LogP contribution in [0.25, 0.3) is 0 Å². The topological polar surface area (TPSA) is 29.1 Å². The average molecular weight is 324 g/mol. The first-order valence-corrected chi connectivity index (χ1v) is 7.98. The van der Waals surface area contributed by atoms with Gasteiger partial charge in [0.05, 0.1) is 5.56 Å². The van der Waals surface area contributed by atoms with E-state index in [1.807, 2.05) is 25.1 Å². The maximum absolute atomic E-state index is 12.4. The second-order valence-corrected chi connectivity index (χ2v) is 6.37. The highest BCUT2D eigenvalue weighted by Crippen LogP contribution is 2.27. The lowest BCUT2D eigenvalue weighted by atomic mass is 9.83. The third kappa shape index (κ3) is 3.59. The number of carbonyl (C=O) groups excluding carboxylic acids is 1. The van der Waals surface area contributed by atoms with E-state index in [1.165, 1.54) is 19.3 Å². The van der Waals surface area contributed by atoms with E-state index in [9.17, 15) is 4.79 Å². The molecular formula is C16H22BrNO. The normalized spacial score (nSPS) is 23.1. The van der Waals surface area contributed by atoms with Crippen molar-refractivity contribution in [1.29, 1.82) is 0 Å². The molecule has 2 rings (SSSR count). The maximum Gasteiger partial charge on any atom is 0.252 e. The number of aryl methyl sites for hydroxylation is 1. The number of halogens is 1. The summed E-state index contributed by atoms with van der Waals surface area (Å²) in [5.41, 5.74) is 1.90. The third-order valence-corrected chi connectivity index (χ3v) is 4.78. The molecule has 2 nitrogen and oxygen atoms in total. The van der Waals surface area contributed by atoms with Gasteiger partial charge in [0.2, 0.25) is 0 Å². The molecule has 2 unspecified atom stereocenters. The Labute approximate surface area is 124 Å². The van der Waals surface area contributed by atoms with Gasteiger partial charge in [-0.05, 0) is 59.3 Å². The largest absolute Gasteiger partial charge is 0.349 e. The molecule has 1 fully saturated rings. The van der Waals surface area contributed by atoms with Crippen molar-refractivity contribution >= 4 is 21.8 Å². The fourth-order valence-corrected chi connectivity index (χ4v) is 3.61. The molecule has 1 aromatic rings. The van der Waals surface area contributed by atoms with Crippen molar-refractivity contribution in [3.05, 3.63) is 33.8 Å². The summed E-state index contributed by atoms with van der Waals surface area (Å²) < 4.78 is 0.883. The second-order valence-electron chi connectivity index (χ2n) is 5.52. The predicted molar refractivity (Wildman–Crippen MR) is 82.4 cm³/mol. The predicted octanol–water partition coefficient (Wildman–Crippen LogP) is 4.46. The SMILES string of the molecule is CCC1CCCCC1NC(=O)c1ccc(C)cc1Br. The summed E-state index contributed by atoms with van der Waals surface area (Å²) in [6, 6.07) is 6.23. The summed E-state index contributed by atoms with van der Waals surface area (Å²) in [7, 11) is 0. The summed E-state index contributed by atoms with van der Waals surface area (Å²) in [6.45, 7) is 4.25. The van der Waals surface area contributed by atoms with Crippen LogP contribution in [0.15, 0.2) is 22.7 Å². The van der Waals surface area contributed by atoms with E-state index in [2.05, 4.69) is 28.2 Å². The molecule has 1 N–H and O–H groups in total. The summed E-state index contributed by atoms with van der Waals surface area (Å²) in [4.78, 5) is 12.4. The minimum atomic E-state index is 0.0530. The van der Waals surface area contributed by atoms with E-state index < -0.39 is 0 Å². The van der Waals surface area contributed by atoms with Crippen molar-refractivity contribution in [3.63, 3.8) is 0 Å². The van der Waals surface area contributed by atoms with Crippen LogP contribution in [0, 0.1) is 12.8 Å². The van der Waals surface area contributed by atoms with Gasteiger partial charge in [-0.15, -0.1) is 0 Å². The lowest BCUT2D eigenvalue weighted by molar-refractivity contribution is 0.0904. The van der Waals surface area contributed by atoms with E-state index in [-0.39, 0.29) is 5.91 Å². The Morgan fingerprint density at radius 3 is 2.79 bits per heavy atom. The lowest BCUT2D eigenvalue weighted by Crippen LogP contribution is -2.42. The number of hydrogen-bond donors (Lipinski definition) is 1. The first-order chi connectivity index (χ1) is 9.11. The zero-order valence-corrected chi connectivity index (χ0v) is 13.3. The van der Waals surface area contributed by atoms with Gasteiger partial charge in [0.1, 0.15) is 0 Å². The van der Waals surface area contributed by atoms with Gasteiger partial charge < -0.3 is 5.32 Å². The summed E-state index contributed by atoms with van der Waals surface area (Å²) >= 11 is 3.48. The van der Waals surface area contributed by atoms with Crippen LogP contribution >= 0.6 is 15.9 Å². The molecule has 1 aliphatic carbocycles. The monoisotopic (exact) mass is 323 g/mol. The zero-order valence-electron chi connectivity index (χ0n) is 11.7. The zero-order chi connectivity index (χ0) is 13.8. The van der Waals surface area contributed by atoms with Gasteiger partial charge >= 0.3 is 0 Å². The molecule has 104 valence electrons. The van der Waals surface area contributed by atoms with Gasteiger partial charge in [0, 0.05) is 10.5 Å². The molecule has 0 bridgehead atoms. The molecule has 1 aromatic carbocycles. The van der Waals surface area contributed by atoms with E-state index in [4.69, 9.17) is 0 Å². The molecule has 0 spiro atoms. The van der Waals surface area contributed by atoms with Crippen LogP contribution in [0.1, 0.15) is 54.9 Å². The number of benzene rings is 1. The Morgan fingerprint density at radius 1 is 1.37 bits per heavy atom. The van der Waals surface area contributed by atoms with Crippen LogP contribution in [0.2, 0.25) is 0 Å². The highest BCUT2D eigenvalue weighted by atomic mass is 79.9. The first-order valence-electron chi connectivity index (χ1n) is 7.19. The standard InChI is InChI=1S/C16H22BrNO/c1-3-12-6-4-5-7-15(12)18-16(19)13-9-8-11(2)10-14(13)17/h8-10,12,15H,3-7H2,1-2H3,(H,18,19). The van der Waals surface area contributed by atoms with Crippen LogP contribution in [-0.2, 0) is 0 Å². The van der Waals surface area contributed by atoms with Gasteiger partial charge in [-0.1, -0.05) is 32.3 Å². The van der Waals surface area contributed by atoms with Gasteiger partial charge in [-0.2, -0.15) is 0 Å². The minimum Gasteiger partial charge on any atom is -0.349 e. The Balaban J connectivity index is 2.07. The average Bonchev–Trinajstić information content (AvgIpc) is 2.39. The Hall–Kier alpha value is -0.830. The smallest absolute Gasteiger partial charge is 0.252 e. The molecule has 19 heavy (non-hydrogen) atoms. The minimum absolute atomic E-state index is 0.0530. The van der Waals surface area contributed by atoms with E-state index >= 15 is 0 Å². The molecule has 3 heteroatoms. The molecule has 2 atom stereocenters. The molecule has 1 saturated carbocycles. The van der Waals surface area contributed by atoms with Gasteiger partial charge in [0.15, 0.2) is 0 Å². The van der Waals surface area contributed by atoms with Crippen molar-refractivity contribution in [2.24, 2.45) is 5.92 Å². The Kier molecular flexibility index (Phi) is 5.03. The summed E-state index contributed by atoms with van der Waals surface area (Å²) in [6.07, 6.45) is 6.06. The fourth-order valence-electron chi connectivity index (χ4n) is 2.94. The van der Waals surface area contributed by atoms with Crippen molar-refractivity contribution in [1.82, 2.24) is 5.32 Å². The van der Waals surface area contributed by atoms with Crippen LogP contribution < -0.4 is 5.32 Å². The number of rotatable bonds is 3. The first kappa shape index (κ1) is 14.6. The Bertz CT molecular complexity index is 458. The number of amides is 1. The Morgan fingerprint density at radius 2 is 2.11 bits per heavy atom. The lowest BCUT2D eigenvalue weighted by Gasteiger charge is -2.31. The van der Waals surface area contributed by atoms with Crippen LogP contribution in [0.5, 0.6) is 0 Å². The van der Waals surface area contributed by atoms with Crippen LogP contribution in [0.3, 0.4) is 0 Å². The number of hydrogen-bond acceptors (Lipinski definition) is 1. The molecule has 1 amide bonds. The van der Waals surface area contributed by atoms with Crippen molar-refractivity contribution in [3.8, 4) is 0 Å².